The van der Waals surface area contributed by atoms with Gasteiger partial charge in [-0.25, -0.2) is 0 Å². The summed E-state index contributed by atoms with van der Waals surface area (Å²) in [6.45, 7) is 0.739. The monoisotopic (exact) mass is 284 g/mol. The van der Waals surface area contributed by atoms with Crippen LogP contribution in [0.2, 0.25) is 0 Å². The topological polar surface area (TPSA) is 34.2 Å². The molecule has 0 atom stereocenters. The molecule has 0 aliphatic heterocycles. The Morgan fingerprint density at radius 2 is 2.10 bits per heavy atom. The maximum atomic E-state index is 5.24. The van der Waals surface area contributed by atoms with Gasteiger partial charge in [0.05, 0.1) is 12.1 Å². The molecule has 3 rings (SSSR count). The van der Waals surface area contributed by atoms with Gasteiger partial charge >= 0.3 is 0 Å². The van der Waals surface area contributed by atoms with Crippen LogP contribution in [0.25, 0.3) is 10.9 Å². The summed E-state index contributed by atoms with van der Waals surface area (Å²) in [6.07, 6.45) is 6.15. The first-order valence-corrected chi connectivity index (χ1v) is 7.92. The molecule has 1 saturated carbocycles. The number of methoxy groups -OCH3 is 1. The first kappa shape index (κ1) is 14.3. The van der Waals surface area contributed by atoms with Crippen LogP contribution in [-0.4, -0.2) is 25.7 Å². The lowest BCUT2D eigenvalue weighted by Gasteiger charge is -2.15. The van der Waals surface area contributed by atoms with E-state index in [0.29, 0.717) is 5.92 Å². The zero-order valence-electron chi connectivity index (χ0n) is 13.0. The molecule has 0 spiro atoms. The van der Waals surface area contributed by atoms with Gasteiger partial charge in [0.15, 0.2) is 0 Å². The fourth-order valence-electron chi connectivity index (χ4n) is 3.38. The summed E-state index contributed by atoms with van der Waals surface area (Å²) in [4.78, 5) is 5.02. The van der Waals surface area contributed by atoms with Gasteiger partial charge in [0.1, 0.15) is 0 Å². The molecule has 112 valence electrons. The van der Waals surface area contributed by atoms with Crippen molar-refractivity contribution in [2.24, 2.45) is 0 Å². The van der Waals surface area contributed by atoms with Crippen molar-refractivity contribution in [3.05, 3.63) is 35.5 Å². The van der Waals surface area contributed by atoms with Crippen molar-refractivity contribution < 1.29 is 4.74 Å². The molecule has 21 heavy (non-hydrogen) atoms. The zero-order chi connectivity index (χ0) is 14.7. The van der Waals surface area contributed by atoms with Crippen LogP contribution in [-0.2, 0) is 11.2 Å². The molecule has 1 aliphatic rings. The maximum Gasteiger partial charge on any atom is 0.0759 e. The first-order chi connectivity index (χ1) is 10.3. The van der Waals surface area contributed by atoms with Gasteiger partial charge in [-0.1, -0.05) is 31.0 Å². The Kier molecular flexibility index (Phi) is 4.39. The van der Waals surface area contributed by atoms with Crippen molar-refractivity contribution in [3.63, 3.8) is 0 Å². The third-order valence-electron chi connectivity index (χ3n) is 4.56. The number of nitrogens with one attached hydrogen (secondary N) is 1. The fourth-order valence-corrected chi connectivity index (χ4v) is 3.38. The Bertz CT molecular complexity index is 618. The van der Waals surface area contributed by atoms with Gasteiger partial charge in [-0.2, -0.15) is 0 Å². The zero-order valence-corrected chi connectivity index (χ0v) is 13.0. The van der Waals surface area contributed by atoms with Gasteiger partial charge in [0.2, 0.25) is 0 Å². The van der Waals surface area contributed by atoms with Crippen LogP contribution in [0.15, 0.2) is 24.3 Å². The molecule has 0 bridgehead atoms. The lowest BCUT2D eigenvalue weighted by Crippen LogP contribution is -2.03. The van der Waals surface area contributed by atoms with Gasteiger partial charge in [-0.15, -0.1) is 0 Å². The fraction of sp³-hybridized carbons (Fsp3) is 0.500. The van der Waals surface area contributed by atoms with Gasteiger partial charge in [0, 0.05) is 36.8 Å². The van der Waals surface area contributed by atoms with Crippen molar-refractivity contribution in [3.8, 4) is 0 Å². The molecule has 1 fully saturated rings. The van der Waals surface area contributed by atoms with E-state index >= 15 is 0 Å². The number of rotatable bonds is 5. The van der Waals surface area contributed by atoms with E-state index in [0.717, 1.165) is 18.5 Å². The summed E-state index contributed by atoms with van der Waals surface area (Å²) in [6, 6.07) is 8.69. The minimum absolute atomic E-state index is 0.636. The van der Waals surface area contributed by atoms with E-state index in [1.54, 1.807) is 7.11 Å². The Hall–Kier alpha value is -1.61. The standard InChI is InChI=1S/C18H24N2O/c1-19-17-12-16(13-6-3-4-7-13)20-18-14(10-11-21-2)8-5-9-15(17)18/h5,8-9,12-13H,3-4,6-7,10-11H2,1-2H3,(H,19,20). The Balaban J connectivity index is 2.09. The number of hydrogen-bond donors (Lipinski definition) is 1. The molecule has 2 aromatic rings. The molecule has 0 radical (unpaired) electrons. The number of nitrogens with zero attached hydrogens (tertiary/aromatic N) is 1. The highest BCUT2D eigenvalue weighted by Gasteiger charge is 2.20. The Morgan fingerprint density at radius 1 is 1.29 bits per heavy atom. The Morgan fingerprint density at radius 3 is 2.81 bits per heavy atom. The third kappa shape index (κ3) is 2.88. The molecule has 0 saturated heterocycles. The first-order valence-electron chi connectivity index (χ1n) is 7.92. The van der Waals surface area contributed by atoms with Crippen LogP contribution in [0.1, 0.15) is 42.9 Å². The van der Waals surface area contributed by atoms with Gasteiger partial charge in [-0.3, -0.25) is 4.98 Å². The molecule has 3 heteroatoms. The lowest BCUT2D eigenvalue weighted by molar-refractivity contribution is 0.202. The van der Waals surface area contributed by atoms with Crippen LogP contribution in [0, 0.1) is 0 Å². The van der Waals surface area contributed by atoms with Crippen molar-refractivity contribution >= 4 is 16.6 Å². The van der Waals surface area contributed by atoms with Crippen LogP contribution >= 0.6 is 0 Å². The quantitative estimate of drug-likeness (QED) is 0.896. The number of pyridine rings is 1. The number of fused-ring (bicyclic) bond motifs is 1. The molecule has 1 heterocycles. The summed E-state index contributed by atoms with van der Waals surface area (Å²) in [5.74, 6) is 0.636. The predicted molar refractivity (Wildman–Crippen MR) is 88.1 cm³/mol. The molecule has 1 aliphatic carbocycles. The van der Waals surface area contributed by atoms with E-state index in [-0.39, 0.29) is 0 Å². The average Bonchev–Trinajstić information content (AvgIpc) is 3.06. The van der Waals surface area contributed by atoms with Gasteiger partial charge in [-0.05, 0) is 30.9 Å². The third-order valence-corrected chi connectivity index (χ3v) is 4.56. The second kappa shape index (κ2) is 6.44. The van der Waals surface area contributed by atoms with Crippen LogP contribution < -0.4 is 5.32 Å². The summed E-state index contributed by atoms with van der Waals surface area (Å²) in [5, 5.41) is 4.56. The summed E-state index contributed by atoms with van der Waals surface area (Å²) in [5.41, 5.74) is 4.88. The Labute approximate surface area is 126 Å². The van der Waals surface area contributed by atoms with Gasteiger partial charge in [0.25, 0.3) is 0 Å². The smallest absolute Gasteiger partial charge is 0.0759 e. The number of anilines is 1. The maximum absolute atomic E-state index is 5.24. The van der Waals surface area contributed by atoms with Crippen molar-refractivity contribution in [1.82, 2.24) is 4.98 Å². The summed E-state index contributed by atoms with van der Waals surface area (Å²) >= 11 is 0. The minimum atomic E-state index is 0.636. The molecule has 0 unspecified atom stereocenters. The minimum Gasteiger partial charge on any atom is -0.388 e. The molecule has 0 amide bonds. The predicted octanol–water partition coefficient (Wildman–Crippen LogP) is 4.12. The number of aromatic nitrogens is 1. The van der Waals surface area contributed by atoms with Crippen molar-refractivity contribution in [2.75, 3.05) is 26.1 Å². The number of para-hydroxylation sites is 1. The second-order valence-electron chi connectivity index (χ2n) is 5.88. The van der Waals surface area contributed by atoms with E-state index in [4.69, 9.17) is 9.72 Å². The lowest BCUT2D eigenvalue weighted by atomic mass is 9.99. The number of ether oxygens (including phenoxy) is 1. The largest absolute Gasteiger partial charge is 0.388 e. The highest BCUT2D eigenvalue weighted by atomic mass is 16.5. The van der Waals surface area contributed by atoms with Crippen LogP contribution in [0.4, 0.5) is 5.69 Å². The molecule has 3 nitrogen and oxygen atoms in total. The van der Waals surface area contributed by atoms with E-state index in [1.807, 2.05) is 7.05 Å². The molecular formula is C18H24N2O. The molecular weight excluding hydrogens is 260 g/mol. The number of hydrogen-bond acceptors (Lipinski definition) is 3. The number of benzene rings is 1. The van der Waals surface area contributed by atoms with Crippen LogP contribution in [0.3, 0.4) is 0 Å². The van der Waals surface area contributed by atoms with Crippen molar-refractivity contribution in [1.29, 1.82) is 0 Å². The van der Waals surface area contributed by atoms with E-state index in [9.17, 15) is 0 Å². The summed E-state index contributed by atoms with van der Waals surface area (Å²) in [7, 11) is 3.75. The highest BCUT2D eigenvalue weighted by molar-refractivity contribution is 5.93. The second-order valence-corrected chi connectivity index (χ2v) is 5.88. The molecule has 1 N–H and O–H groups in total. The van der Waals surface area contributed by atoms with E-state index < -0.39 is 0 Å². The highest BCUT2D eigenvalue weighted by Crippen LogP contribution is 2.36. The van der Waals surface area contributed by atoms with Crippen LogP contribution in [0.5, 0.6) is 0 Å². The van der Waals surface area contributed by atoms with Gasteiger partial charge < -0.3 is 10.1 Å². The normalized spacial score (nSPS) is 15.7. The average molecular weight is 284 g/mol. The van der Waals surface area contributed by atoms with E-state index in [2.05, 4.69) is 29.6 Å². The SMILES string of the molecule is CNc1cc(C2CCCC2)nc2c(CCOC)cccc12. The van der Waals surface area contributed by atoms with E-state index in [1.165, 1.54) is 48.0 Å². The molecule has 1 aromatic carbocycles. The molecule has 1 aromatic heterocycles. The van der Waals surface area contributed by atoms with Crippen molar-refractivity contribution in [2.45, 2.75) is 38.0 Å². The summed E-state index contributed by atoms with van der Waals surface area (Å²) < 4.78 is 5.24.